The van der Waals surface area contributed by atoms with E-state index in [0.717, 1.165) is 24.3 Å². The molecule has 12 nitrogen and oxygen atoms in total. The summed E-state index contributed by atoms with van der Waals surface area (Å²) in [5.74, 6) is -3.09. The zero-order valence-electron chi connectivity index (χ0n) is 16.7. The Balaban J connectivity index is 1.78. The number of phenols is 3. The number of hydrogen-bond acceptors (Lipinski definition) is 12. The second kappa shape index (κ2) is 8.10. The number of rotatable bonds is 4. The zero-order chi connectivity index (χ0) is 24.1. The van der Waals surface area contributed by atoms with Crippen LogP contribution in [0.1, 0.15) is 0 Å². The minimum absolute atomic E-state index is 0.00561. The van der Waals surface area contributed by atoms with Crippen LogP contribution < -0.4 is 10.2 Å². The molecule has 2 heterocycles. The number of benzene rings is 2. The molecule has 12 heteroatoms. The highest BCUT2D eigenvalue weighted by Gasteiger charge is 2.52. The molecule has 0 radical (unpaired) electrons. The highest BCUT2D eigenvalue weighted by Crippen LogP contribution is 2.39. The summed E-state index contributed by atoms with van der Waals surface area (Å²) in [4.78, 5) is 12.5. The van der Waals surface area contributed by atoms with E-state index in [9.17, 15) is 45.6 Å². The molecule has 1 aliphatic heterocycles. The lowest BCUT2D eigenvalue weighted by atomic mass is 9.90. The topological polar surface area (TPSA) is 211 Å². The van der Waals surface area contributed by atoms with E-state index in [2.05, 4.69) is 0 Å². The fourth-order valence-electron chi connectivity index (χ4n) is 3.53. The van der Waals surface area contributed by atoms with Gasteiger partial charge in [-0.2, -0.15) is 0 Å². The summed E-state index contributed by atoms with van der Waals surface area (Å²) in [7, 11) is 0. The number of aromatic hydroxyl groups is 4. The van der Waals surface area contributed by atoms with Crippen molar-refractivity contribution in [3.8, 4) is 40.1 Å². The summed E-state index contributed by atoms with van der Waals surface area (Å²) >= 11 is 0. The predicted octanol–water partition coefficient (Wildman–Crippen LogP) is -0.537. The van der Waals surface area contributed by atoms with Crippen LogP contribution in [0.25, 0.3) is 22.3 Å². The first-order valence-electron chi connectivity index (χ1n) is 9.59. The van der Waals surface area contributed by atoms with Gasteiger partial charge in [-0.15, -0.1) is 0 Å². The fraction of sp³-hybridized carbons (Fsp3) is 0.286. The minimum Gasteiger partial charge on any atom is -0.508 e. The summed E-state index contributed by atoms with van der Waals surface area (Å²) in [5.41, 5.74) is -3.65. The SMILES string of the molecule is O=c1c(O)c(-c2ccc(O)c(OC3OCC(O)C(O)C3(O)CO)c2)oc2cc(O)cc(O)c12. The normalized spacial score (nSPS) is 25.3. The molecule has 4 rings (SSSR count). The van der Waals surface area contributed by atoms with E-state index < -0.39 is 65.7 Å². The van der Waals surface area contributed by atoms with Gasteiger partial charge in [0.15, 0.2) is 22.9 Å². The molecule has 1 aromatic heterocycles. The maximum Gasteiger partial charge on any atom is 0.238 e. The third-order valence-corrected chi connectivity index (χ3v) is 5.35. The predicted molar refractivity (Wildman–Crippen MR) is 109 cm³/mol. The zero-order valence-corrected chi connectivity index (χ0v) is 16.7. The molecule has 0 spiro atoms. The third kappa shape index (κ3) is 3.69. The van der Waals surface area contributed by atoms with Crippen molar-refractivity contribution >= 4 is 11.0 Å². The van der Waals surface area contributed by atoms with Crippen molar-refractivity contribution in [1.82, 2.24) is 0 Å². The Labute approximate surface area is 184 Å². The van der Waals surface area contributed by atoms with Gasteiger partial charge in [0.1, 0.15) is 34.7 Å². The molecule has 2 aromatic carbocycles. The summed E-state index contributed by atoms with van der Waals surface area (Å²) in [5, 5.41) is 79.6. The Hall–Kier alpha value is -3.55. The van der Waals surface area contributed by atoms with Crippen molar-refractivity contribution in [1.29, 1.82) is 0 Å². The standard InChI is InChI=1S/C21H20O12/c22-7-21(30)19(29)12(26)6-31-20(21)33-13-3-8(1-2-10(13)24)18-17(28)16(27)15-11(25)4-9(23)5-14(15)32-18/h1-5,12,19-20,22-26,28-30H,6-7H2. The maximum atomic E-state index is 12.5. The van der Waals surface area contributed by atoms with E-state index in [-0.39, 0.29) is 28.0 Å². The van der Waals surface area contributed by atoms with Gasteiger partial charge in [-0.3, -0.25) is 4.79 Å². The Bertz CT molecular complexity index is 1270. The molecule has 176 valence electrons. The van der Waals surface area contributed by atoms with Crippen LogP contribution in [0, 0.1) is 0 Å². The average Bonchev–Trinajstić information content (AvgIpc) is 2.77. The first-order chi connectivity index (χ1) is 15.6. The van der Waals surface area contributed by atoms with Crippen LogP contribution in [0.3, 0.4) is 0 Å². The van der Waals surface area contributed by atoms with Gasteiger partial charge in [-0.1, -0.05) is 0 Å². The van der Waals surface area contributed by atoms with Crippen molar-refractivity contribution in [2.24, 2.45) is 0 Å². The first kappa shape index (κ1) is 22.6. The molecule has 0 aliphatic carbocycles. The number of hydrogen-bond donors (Lipinski definition) is 8. The summed E-state index contributed by atoms with van der Waals surface area (Å²) in [6.07, 6.45) is -5.04. The van der Waals surface area contributed by atoms with E-state index in [1.807, 2.05) is 0 Å². The third-order valence-electron chi connectivity index (χ3n) is 5.35. The van der Waals surface area contributed by atoms with Gasteiger partial charge in [0.05, 0.1) is 13.2 Å². The first-order valence-corrected chi connectivity index (χ1v) is 9.59. The number of phenolic OH excluding ortho intramolecular Hbond substituents is 3. The summed E-state index contributed by atoms with van der Waals surface area (Å²) < 4.78 is 16.1. The Morgan fingerprint density at radius 3 is 2.48 bits per heavy atom. The summed E-state index contributed by atoms with van der Waals surface area (Å²) in [6.45, 7) is -1.49. The summed E-state index contributed by atoms with van der Waals surface area (Å²) in [6, 6.07) is 5.44. The Morgan fingerprint density at radius 2 is 1.79 bits per heavy atom. The van der Waals surface area contributed by atoms with Crippen LogP contribution in [-0.2, 0) is 4.74 Å². The average molecular weight is 464 g/mol. The molecule has 4 unspecified atom stereocenters. The molecular weight excluding hydrogens is 444 g/mol. The van der Waals surface area contributed by atoms with E-state index in [1.54, 1.807) is 0 Å². The van der Waals surface area contributed by atoms with Gasteiger partial charge >= 0.3 is 0 Å². The van der Waals surface area contributed by atoms with Gasteiger partial charge in [0.2, 0.25) is 17.5 Å². The fourth-order valence-corrected chi connectivity index (χ4v) is 3.53. The molecule has 0 amide bonds. The molecule has 8 N–H and O–H groups in total. The van der Waals surface area contributed by atoms with Crippen LogP contribution in [0.2, 0.25) is 0 Å². The van der Waals surface area contributed by atoms with Gasteiger partial charge in [-0.05, 0) is 18.2 Å². The molecular formula is C21H20O12. The second-order valence-corrected chi connectivity index (χ2v) is 7.57. The van der Waals surface area contributed by atoms with Crippen molar-refractivity contribution < 1.29 is 54.7 Å². The van der Waals surface area contributed by atoms with E-state index in [1.165, 1.54) is 6.07 Å². The van der Waals surface area contributed by atoms with Crippen molar-refractivity contribution in [2.45, 2.75) is 24.1 Å². The smallest absolute Gasteiger partial charge is 0.238 e. The lowest BCUT2D eigenvalue weighted by Crippen LogP contribution is -2.66. The molecule has 1 fully saturated rings. The minimum atomic E-state index is -2.44. The number of aliphatic hydroxyl groups is 4. The highest BCUT2D eigenvalue weighted by molar-refractivity contribution is 5.88. The number of ether oxygens (including phenoxy) is 2. The van der Waals surface area contributed by atoms with Gasteiger partial charge in [-0.25, -0.2) is 0 Å². The molecule has 4 atom stereocenters. The lowest BCUT2D eigenvalue weighted by Gasteiger charge is -2.43. The van der Waals surface area contributed by atoms with Crippen LogP contribution in [0.5, 0.6) is 28.7 Å². The molecule has 1 saturated heterocycles. The van der Waals surface area contributed by atoms with Crippen LogP contribution in [0.15, 0.2) is 39.5 Å². The second-order valence-electron chi connectivity index (χ2n) is 7.57. The number of fused-ring (bicyclic) bond motifs is 1. The molecule has 0 saturated carbocycles. The molecule has 0 bridgehead atoms. The van der Waals surface area contributed by atoms with Crippen LogP contribution in [0.4, 0.5) is 0 Å². The quantitative estimate of drug-likeness (QED) is 0.245. The largest absolute Gasteiger partial charge is 0.508 e. The Morgan fingerprint density at radius 1 is 1.06 bits per heavy atom. The molecule has 33 heavy (non-hydrogen) atoms. The highest BCUT2D eigenvalue weighted by atomic mass is 16.7. The van der Waals surface area contributed by atoms with Crippen LogP contribution >= 0.6 is 0 Å². The van der Waals surface area contributed by atoms with Crippen molar-refractivity contribution in [3.63, 3.8) is 0 Å². The van der Waals surface area contributed by atoms with Crippen molar-refractivity contribution in [3.05, 3.63) is 40.6 Å². The van der Waals surface area contributed by atoms with E-state index in [0.29, 0.717) is 0 Å². The van der Waals surface area contributed by atoms with E-state index in [4.69, 9.17) is 13.9 Å². The van der Waals surface area contributed by atoms with Gasteiger partial charge in [0, 0.05) is 17.7 Å². The molecule has 3 aromatic rings. The maximum absolute atomic E-state index is 12.5. The molecule has 1 aliphatic rings. The van der Waals surface area contributed by atoms with Crippen molar-refractivity contribution in [2.75, 3.05) is 13.2 Å². The van der Waals surface area contributed by atoms with Gasteiger partial charge < -0.3 is 54.7 Å². The van der Waals surface area contributed by atoms with E-state index >= 15 is 0 Å². The monoisotopic (exact) mass is 464 g/mol. The number of aliphatic hydroxyl groups excluding tert-OH is 3. The van der Waals surface area contributed by atoms with Crippen LogP contribution in [-0.4, -0.2) is 78.2 Å². The lowest BCUT2D eigenvalue weighted by molar-refractivity contribution is -0.301. The van der Waals surface area contributed by atoms with Gasteiger partial charge in [0.25, 0.3) is 0 Å². The Kier molecular flexibility index (Phi) is 5.56.